The summed E-state index contributed by atoms with van der Waals surface area (Å²) in [5, 5.41) is 16.0. The van der Waals surface area contributed by atoms with E-state index >= 15 is 0 Å². The highest BCUT2D eigenvalue weighted by Crippen LogP contribution is 2.03. The van der Waals surface area contributed by atoms with Crippen LogP contribution < -0.4 is 33.2 Å². The zero-order valence-corrected chi connectivity index (χ0v) is 19.2. The Morgan fingerprint density at radius 2 is 1.41 bits per heavy atom. The smallest absolute Gasteiger partial charge is 0.326 e. The molecule has 0 aliphatic heterocycles. The SMILES string of the molecule is CSCCC(N)C(=O)NC(CS)C(=O)NC(CC(N)=O)C(=O)NC(CCC(N)=O)C(=O)O. The normalized spacial score (nSPS) is 14.3. The van der Waals surface area contributed by atoms with Crippen LogP contribution in [0.3, 0.4) is 0 Å². The second kappa shape index (κ2) is 15.3. The number of primary amides is 2. The van der Waals surface area contributed by atoms with Crippen LogP contribution >= 0.6 is 24.4 Å². The molecule has 5 amide bonds. The van der Waals surface area contributed by atoms with E-state index in [2.05, 4.69) is 28.6 Å². The molecule has 0 saturated carbocycles. The third-order valence-corrected chi connectivity index (χ3v) is 5.13. The fraction of sp³-hybridized carbons (Fsp3) is 0.647. The molecule has 0 radical (unpaired) electrons. The van der Waals surface area contributed by atoms with Crippen molar-refractivity contribution in [1.82, 2.24) is 16.0 Å². The summed E-state index contributed by atoms with van der Waals surface area (Å²) in [6.07, 6.45) is 0.982. The van der Waals surface area contributed by atoms with Gasteiger partial charge in [0.2, 0.25) is 29.5 Å². The molecule has 0 aliphatic carbocycles. The fourth-order valence-corrected chi connectivity index (χ4v) is 3.09. The predicted octanol–water partition coefficient (Wildman–Crippen LogP) is -3.32. The number of rotatable bonds is 16. The lowest BCUT2D eigenvalue weighted by molar-refractivity contribution is -0.142. The Kier molecular flexibility index (Phi) is 14.1. The van der Waals surface area contributed by atoms with Crippen molar-refractivity contribution in [2.24, 2.45) is 17.2 Å². The van der Waals surface area contributed by atoms with Gasteiger partial charge in [0.1, 0.15) is 18.1 Å². The molecule has 0 bridgehead atoms. The van der Waals surface area contributed by atoms with Crippen molar-refractivity contribution < 1.29 is 33.9 Å². The molecule has 10 N–H and O–H groups in total. The zero-order valence-electron chi connectivity index (χ0n) is 17.5. The van der Waals surface area contributed by atoms with E-state index in [9.17, 15) is 33.9 Å². The Balaban J connectivity index is 5.24. The summed E-state index contributed by atoms with van der Waals surface area (Å²) in [7, 11) is 0. The Bertz CT molecular complexity index is 709. The van der Waals surface area contributed by atoms with Gasteiger partial charge in [0.15, 0.2) is 0 Å². The van der Waals surface area contributed by atoms with Gasteiger partial charge in [-0.05, 0) is 24.9 Å². The lowest BCUT2D eigenvalue weighted by Gasteiger charge is -2.24. The summed E-state index contributed by atoms with van der Waals surface area (Å²) in [6, 6.07) is -5.06. The molecule has 4 atom stereocenters. The van der Waals surface area contributed by atoms with Crippen molar-refractivity contribution in [3.63, 3.8) is 0 Å². The molecular weight excluding hydrogens is 464 g/mol. The molecule has 0 spiro atoms. The monoisotopic (exact) mass is 494 g/mol. The van der Waals surface area contributed by atoms with Gasteiger partial charge in [0, 0.05) is 12.2 Å². The van der Waals surface area contributed by atoms with Crippen LogP contribution in [0.5, 0.6) is 0 Å². The van der Waals surface area contributed by atoms with Crippen molar-refractivity contribution in [3.05, 3.63) is 0 Å². The molecule has 32 heavy (non-hydrogen) atoms. The van der Waals surface area contributed by atoms with Crippen LogP contribution in [-0.2, 0) is 28.8 Å². The number of carboxylic acid groups (broad SMARTS) is 1. The van der Waals surface area contributed by atoms with Crippen molar-refractivity contribution in [1.29, 1.82) is 0 Å². The van der Waals surface area contributed by atoms with Gasteiger partial charge in [-0.3, -0.25) is 24.0 Å². The van der Waals surface area contributed by atoms with Gasteiger partial charge >= 0.3 is 5.97 Å². The minimum atomic E-state index is -1.53. The number of aliphatic carboxylic acids is 1. The maximum atomic E-state index is 12.5. The number of carbonyl (C=O) groups is 6. The minimum absolute atomic E-state index is 0.145. The van der Waals surface area contributed by atoms with E-state index in [-0.39, 0.29) is 18.6 Å². The first-order valence-corrected chi connectivity index (χ1v) is 11.5. The van der Waals surface area contributed by atoms with Crippen molar-refractivity contribution in [3.8, 4) is 0 Å². The maximum Gasteiger partial charge on any atom is 0.326 e. The second-order valence-electron chi connectivity index (χ2n) is 6.77. The van der Waals surface area contributed by atoms with Crippen LogP contribution in [0.4, 0.5) is 0 Å². The number of hydrogen-bond donors (Lipinski definition) is 8. The highest BCUT2D eigenvalue weighted by atomic mass is 32.2. The van der Waals surface area contributed by atoms with Crippen LogP contribution in [0, 0.1) is 0 Å². The summed E-state index contributed by atoms with van der Waals surface area (Å²) in [6.45, 7) is 0. The predicted molar refractivity (Wildman–Crippen MR) is 120 cm³/mol. The second-order valence-corrected chi connectivity index (χ2v) is 8.12. The lowest BCUT2D eigenvalue weighted by atomic mass is 10.1. The Morgan fingerprint density at radius 1 is 0.875 bits per heavy atom. The van der Waals surface area contributed by atoms with Crippen LogP contribution in [0.15, 0.2) is 0 Å². The molecule has 15 heteroatoms. The van der Waals surface area contributed by atoms with Crippen LogP contribution in [0.1, 0.15) is 25.7 Å². The van der Waals surface area contributed by atoms with E-state index in [1.165, 1.54) is 11.8 Å². The molecule has 0 fully saturated rings. The summed E-state index contributed by atoms with van der Waals surface area (Å²) in [5.41, 5.74) is 15.9. The van der Waals surface area contributed by atoms with Gasteiger partial charge in [0.05, 0.1) is 12.5 Å². The average Bonchev–Trinajstić information content (AvgIpc) is 2.71. The van der Waals surface area contributed by atoms with E-state index < -0.39 is 66.1 Å². The third-order valence-electron chi connectivity index (χ3n) is 4.12. The first-order chi connectivity index (χ1) is 14.9. The standard InChI is InChI=1S/C17H30N6O7S2/c1-32-5-4-8(18)14(26)23-11(7-31)16(28)22-10(6-13(20)25)15(27)21-9(17(29)30)2-3-12(19)24/h8-11,31H,2-7,18H2,1H3,(H2,19,24)(H2,20,25)(H,21,27)(H,22,28)(H,23,26)(H,29,30). The van der Waals surface area contributed by atoms with E-state index in [1.54, 1.807) is 0 Å². The van der Waals surface area contributed by atoms with Crippen LogP contribution in [0.2, 0.25) is 0 Å². The summed E-state index contributed by atoms with van der Waals surface area (Å²) >= 11 is 5.51. The first-order valence-electron chi connectivity index (χ1n) is 9.48. The molecule has 0 aromatic carbocycles. The van der Waals surface area contributed by atoms with E-state index in [0.717, 1.165) is 0 Å². The number of nitrogens with two attached hydrogens (primary N) is 3. The summed E-state index contributed by atoms with van der Waals surface area (Å²) in [4.78, 5) is 70.7. The maximum absolute atomic E-state index is 12.5. The number of thioether (sulfide) groups is 1. The molecule has 0 rings (SSSR count). The average molecular weight is 495 g/mol. The highest BCUT2D eigenvalue weighted by Gasteiger charge is 2.30. The molecule has 182 valence electrons. The highest BCUT2D eigenvalue weighted by molar-refractivity contribution is 7.98. The summed E-state index contributed by atoms with van der Waals surface area (Å²) < 4.78 is 0. The minimum Gasteiger partial charge on any atom is -0.480 e. The molecule has 0 aliphatic rings. The molecule has 0 saturated heterocycles. The number of carbonyl (C=O) groups excluding carboxylic acids is 5. The van der Waals surface area contributed by atoms with Crippen molar-refractivity contribution in [2.75, 3.05) is 17.8 Å². The fourth-order valence-electron chi connectivity index (χ4n) is 2.35. The van der Waals surface area contributed by atoms with Gasteiger partial charge in [-0.2, -0.15) is 24.4 Å². The zero-order chi connectivity index (χ0) is 24.8. The largest absolute Gasteiger partial charge is 0.480 e. The molecule has 0 aromatic rings. The molecule has 0 aromatic heterocycles. The number of amides is 5. The molecule has 13 nitrogen and oxygen atoms in total. The topological polar surface area (TPSA) is 237 Å². The number of carboxylic acids is 1. The van der Waals surface area contributed by atoms with E-state index in [1.807, 2.05) is 6.26 Å². The number of thiol groups is 1. The van der Waals surface area contributed by atoms with Crippen molar-refractivity contribution >= 4 is 59.9 Å². The van der Waals surface area contributed by atoms with Crippen molar-refractivity contribution in [2.45, 2.75) is 49.9 Å². The van der Waals surface area contributed by atoms with Crippen LogP contribution in [0.25, 0.3) is 0 Å². The van der Waals surface area contributed by atoms with E-state index in [4.69, 9.17) is 17.2 Å². The first kappa shape index (κ1) is 29.5. The quantitative estimate of drug-likeness (QED) is 0.1000. The lowest BCUT2D eigenvalue weighted by Crippen LogP contribution is -2.58. The Labute approximate surface area is 194 Å². The van der Waals surface area contributed by atoms with Gasteiger partial charge < -0.3 is 38.3 Å². The van der Waals surface area contributed by atoms with Crippen LogP contribution in [-0.4, -0.2) is 82.5 Å². The summed E-state index contributed by atoms with van der Waals surface area (Å²) in [5.74, 6) is -5.13. The molecular formula is C17H30N6O7S2. The number of hydrogen-bond acceptors (Lipinski definition) is 9. The van der Waals surface area contributed by atoms with Gasteiger partial charge in [0.25, 0.3) is 0 Å². The van der Waals surface area contributed by atoms with Gasteiger partial charge in [-0.1, -0.05) is 0 Å². The van der Waals surface area contributed by atoms with Gasteiger partial charge in [-0.25, -0.2) is 4.79 Å². The van der Waals surface area contributed by atoms with Gasteiger partial charge in [-0.15, -0.1) is 0 Å². The Hall–Kier alpha value is -2.52. The molecule has 0 heterocycles. The molecule has 4 unspecified atom stereocenters. The third kappa shape index (κ3) is 11.8. The Morgan fingerprint density at radius 3 is 1.88 bits per heavy atom. The number of nitrogens with one attached hydrogen (secondary N) is 3. The van der Waals surface area contributed by atoms with E-state index in [0.29, 0.717) is 12.2 Å².